The molecule has 6 heteroatoms. The van der Waals surface area contributed by atoms with E-state index >= 15 is 0 Å². The molecule has 3 N–H and O–H groups in total. The van der Waals surface area contributed by atoms with Crippen LogP contribution in [0.4, 0.5) is 0 Å². The third-order valence-corrected chi connectivity index (χ3v) is 4.90. The van der Waals surface area contributed by atoms with Crippen LogP contribution < -0.4 is 0 Å². The number of aliphatic hydroxyl groups excluding tert-OH is 3. The predicted octanol–water partition coefficient (Wildman–Crippen LogP) is 5.53. The van der Waals surface area contributed by atoms with Gasteiger partial charge in [0.15, 0.2) is 0 Å². The smallest absolute Gasteiger partial charge is 0.330 e. The molecule has 1 unspecified atom stereocenters. The van der Waals surface area contributed by atoms with Gasteiger partial charge in [-0.25, -0.2) is 4.79 Å². The SMILES string of the molecule is C.C.C.C.C.C=C1CCC[C@@H]2CC=C[C@@H](C/C=C\C(=O)O[C@H]([C@H](O)CO)C/C=C/C(O)C1)O2. The third-order valence-electron chi connectivity index (χ3n) is 4.90. The standard InChI is InChI=1S/C22H32O6.5CH4/c1-16-6-2-8-18-9-4-10-19(27-18)11-5-13-22(26)28-21(20(25)15-23)12-3-7-17(24)14-16;;;;;/h3-5,7,10,13,17-21,23-25H,1-2,6,8-9,11-12,14-15H2;5*1H4/b7-3+,13-5-;;;;;/t17?,18-,19+,20-,21+;;;;;/m1...../s1. The van der Waals surface area contributed by atoms with Crippen molar-refractivity contribution in [3.05, 3.63) is 48.6 Å². The minimum Gasteiger partial charge on any atom is -0.456 e. The molecule has 0 spiro atoms. The molecule has 0 aromatic carbocycles. The number of fused-ring (bicyclic) bond motifs is 2. The lowest BCUT2D eigenvalue weighted by Crippen LogP contribution is -2.33. The Hall–Kier alpha value is -1.73. The Bertz CT molecular complexity index is 595. The van der Waals surface area contributed by atoms with Crippen molar-refractivity contribution in [2.24, 2.45) is 0 Å². The Balaban J connectivity index is -0.000000841. The largest absolute Gasteiger partial charge is 0.456 e. The molecule has 0 aromatic heterocycles. The van der Waals surface area contributed by atoms with Gasteiger partial charge in [-0.3, -0.25) is 0 Å². The number of carbonyl (C=O) groups is 1. The fourth-order valence-corrected chi connectivity index (χ4v) is 3.35. The van der Waals surface area contributed by atoms with Crippen LogP contribution in [0.2, 0.25) is 0 Å². The molecule has 0 saturated heterocycles. The molecule has 0 amide bonds. The Morgan fingerprint density at radius 1 is 1.03 bits per heavy atom. The molecule has 0 aromatic rings. The van der Waals surface area contributed by atoms with Crippen LogP contribution in [0, 0.1) is 0 Å². The summed E-state index contributed by atoms with van der Waals surface area (Å²) in [6.45, 7) is 3.52. The van der Waals surface area contributed by atoms with Crippen LogP contribution in [0.1, 0.15) is 82.1 Å². The van der Waals surface area contributed by atoms with E-state index in [1.54, 1.807) is 18.2 Å². The van der Waals surface area contributed by atoms with Gasteiger partial charge >= 0.3 is 5.97 Å². The fraction of sp³-hybridized carbons (Fsp3) is 0.667. The monoisotopic (exact) mass is 472 g/mol. The van der Waals surface area contributed by atoms with E-state index in [4.69, 9.17) is 9.47 Å². The number of esters is 1. The van der Waals surface area contributed by atoms with E-state index in [0.29, 0.717) is 12.8 Å². The van der Waals surface area contributed by atoms with Gasteiger partial charge in [-0.05, 0) is 38.5 Å². The summed E-state index contributed by atoms with van der Waals surface area (Å²) in [5.74, 6) is -0.586. The van der Waals surface area contributed by atoms with E-state index in [0.717, 1.165) is 31.3 Å². The summed E-state index contributed by atoms with van der Waals surface area (Å²) in [7, 11) is 0. The van der Waals surface area contributed by atoms with Gasteiger partial charge in [0.2, 0.25) is 0 Å². The Morgan fingerprint density at radius 2 is 1.70 bits per heavy atom. The van der Waals surface area contributed by atoms with Crippen LogP contribution in [0.5, 0.6) is 0 Å². The number of aliphatic hydroxyl groups is 3. The maximum Gasteiger partial charge on any atom is 0.330 e. The summed E-state index contributed by atoms with van der Waals surface area (Å²) < 4.78 is 11.3. The highest BCUT2D eigenvalue weighted by Gasteiger charge is 2.21. The highest BCUT2D eigenvalue weighted by Crippen LogP contribution is 2.22. The van der Waals surface area contributed by atoms with Gasteiger partial charge in [-0.15, -0.1) is 0 Å². The summed E-state index contributed by atoms with van der Waals surface area (Å²) in [5, 5.41) is 29.2. The van der Waals surface area contributed by atoms with Gasteiger partial charge < -0.3 is 24.8 Å². The maximum absolute atomic E-state index is 12.0. The van der Waals surface area contributed by atoms with Gasteiger partial charge in [0.25, 0.3) is 0 Å². The lowest BCUT2D eigenvalue weighted by molar-refractivity contribution is -0.150. The second kappa shape index (κ2) is 20.8. The normalized spacial score (nSPS) is 28.8. The maximum atomic E-state index is 12.0. The average molecular weight is 473 g/mol. The summed E-state index contributed by atoms with van der Waals surface area (Å²) in [6.07, 6.45) is 12.5. The van der Waals surface area contributed by atoms with Crippen LogP contribution in [0.15, 0.2) is 48.6 Å². The first-order valence-electron chi connectivity index (χ1n) is 9.97. The van der Waals surface area contributed by atoms with Gasteiger partial charge in [-0.1, -0.05) is 79.7 Å². The van der Waals surface area contributed by atoms with E-state index in [2.05, 4.69) is 12.7 Å². The van der Waals surface area contributed by atoms with Gasteiger partial charge in [0.1, 0.15) is 12.2 Å². The zero-order chi connectivity index (χ0) is 20.4. The molecule has 2 aliphatic heterocycles. The Morgan fingerprint density at radius 3 is 2.36 bits per heavy atom. The van der Waals surface area contributed by atoms with Crippen molar-refractivity contribution in [2.45, 2.75) is 113 Å². The van der Waals surface area contributed by atoms with Gasteiger partial charge in [-0.2, -0.15) is 0 Å². The Labute approximate surface area is 203 Å². The summed E-state index contributed by atoms with van der Waals surface area (Å²) in [5.41, 5.74) is 0.975. The van der Waals surface area contributed by atoms with Crippen LogP contribution in [0.25, 0.3) is 0 Å². The minimum absolute atomic E-state index is 0. The average Bonchev–Trinajstić information content (AvgIpc) is 2.66. The molecule has 2 rings (SSSR count). The quantitative estimate of drug-likeness (QED) is 0.361. The van der Waals surface area contributed by atoms with Crippen LogP contribution in [0.3, 0.4) is 0 Å². The van der Waals surface area contributed by atoms with Crippen molar-refractivity contribution in [1.82, 2.24) is 0 Å². The zero-order valence-electron chi connectivity index (χ0n) is 16.3. The predicted molar refractivity (Wildman–Crippen MR) is 140 cm³/mol. The lowest BCUT2D eigenvalue weighted by Gasteiger charge is -2.25. The number of ether oxygens (including phenoxy) is 2. The first-order chi connectivity index (χ1) is 13.5. The molecule has 2 bridgehead atoms. The van der Waals surface area contributed by atoms with Crippen molar-refractivity contribution in [3.63, 3.8) is 0 Å². The molecular formula is C27H52O6. The Kier molecular flexibility index (Phi) is 24.3. The molecule has 196 valence electrons. The van der Waals surface area contributed by atoms with Crippen molar-refractivity contribution in [3.8, 4) is 0 Å². The van der Waals surface area contributed by atoms with Crippen LogP contribution in [-0.4, -0.2) is 58.4 Å². The van der Waals surface area contributed by atoms with Gasteiger partial charge in [0, 0.05) is 12.5 Å². The van der Waals surface area contributed by atoms with Crippen molar-refractivity contribution < 1.29 is 29.6 Å². The number of hydrogen-bond acceptors (Lipinski definition) is 6. The van der Waals surface area contributed by atoms with Gasteiger partial charge in [0.05, 0.1) is 24.9 Å². The molecule has 2 heterocycles. The molecule has 0 saturated carbocycles. The van der Waals surface area contributed by atoms with E-state index < -0.39 is 30.9 Å². The van der Waals surface area contributed by atoms with E-state index in [1.165, 1.54) is 6.08 Å². The van der Waals surface area contributed by atoms with Crippen molar-refractivity contribution >= 4 is 5.97 Å². The second-order valence-corrected chi connectivity index (χ2v) is 7.40. The van der Waals surface area contributed by atoms with Crippen LogP contribution in [-0.2, 0) is 14.3 Å². The molecular weight excluding hydrogens is 420 g/mol. The molecule has 0 aliphatic carbocycles. The highest BCUT2D eigenvalue weighted by atomic mass is 16.6. The van der Waals surface area contributed by atoms with Crippen LogP contribution >= 0.6 is 0 Å². The number of rotatable bonds is 2. The lowest BCUT2D eigenvalue weighted by atomic mass is 9.99. The number of hydrogen-bond donors (Lipinski definition) is 3. The van der Waals surface area contributed by atoms with Crippen molar-refractivity contribution in [1.29, 1.82) is 0 Å². The first kappa shape index (κ1) is 38.5. The number of cyclic esters (lactones) is 1. The zero-order valence-corrected chi connectivity index (χ0v) is 16.3. The molecule has 0 fully saturated rings. The molecule has 2 aliphatic rings. The topological polar surface area (TPSA) is 96.2 Å². The minimum atomic E-state index is -1.19. The summed E-state index contributed by atoms with van der Waals surface area (Å²) in [4.78, 5) is 12.0. The second-order valence-electron chi connectivity index (χ2n) is 7.40. The molecule has 0 radical (unpaired) electrons. The number of carbonyl (C=O) groups excluding carboxylic acids is 1. The fourth-order valence-electron chi connectivity index (χ4n) is 3.35. The highest BCUT2D eigenvalue weighted by molar-refractivity contribution is 5.82. The summed E-state index contributed by atoms with van der Waals surface area (Å²) >= 11 is 0. The van der Waals surface area contributed by atoms with E-state index in [9.17, 15) is 20.1 Å². The van der Waals surface area contributed by atoms with Crippen molar-refractivity contribution in [2.75, 3.05) is 6.61 Å². The molecule has 6 nitrogen and oxygen atoms in total. The van der Waals surface area contributed by atoms with E-state index in [-0.39, 0.29) is 55.8 Å². The first-order valence-corrected chi connectivity index (χ1v) is 9.97. The molecule has 33 heavy (non-hydrogen) atoms. The molecule has 5 atom stereocenters. The van der Waals surface area contributed by atoms with E-state index in [1.807, 2.05) is 6.08 Å². The summed E-state index contributed by atoms with van der Waals surface area (Å²) in [6, 6.07) is 0. The third kappa shape index (κ3) is 14.9.